The number of carbonyl (C=O) groups is 2. The zero-order valence-corrected chi connectivity index (χ0v) is 28.3. The normalized spacial score (nSPS) is 12.4. The maximum absolute atomic E-state index is 14.5. The van der Waals surface area contributed by atoms with Crippen LogP contribution in [0.25, 0.3) is 0 Å². The van der Waals surface area contributed by atoms with Crippen LogP contribution in [0.3, 0.4) is 0 Å². The number of halogens is 4. The summed E-state index contributed by atoms with van der Waals surface area (Å²) in [5.74, 6) is -1.14. The van der Waals surface area contributed by atoms with E-state index in [2.05, 4.69) is 5.32 Å². The third-order valence-corrected chi connectivity index (χ3v) is 9.70. The highest BCUT2D eigenvalue weighted by molar-refractivity contribution is 7.92. The SMILES string of the molecule is Cc1ccc(CN(C(=O)CN(c2ccc(Cl)c(C(F)(F)F)c2)S(=O)(=O)c2ccccc2)C(Cc2ccccc2)C(=O)NCC(C)C)cc1. The van der Waals surface area contributed by atoms with Crippen molar-refractivity contribution >= 4 is 39.1 Å². The Labute approximate surface area is 284 Å². The standard InChI is InChI=1S/C36H37ClF3N3O4S/c1-25(2)22-41-35(45)33(20-27-10-6-4-7-11-27)42(23-28-16-14-26(3)15-17-28)34(44)24-43(48(46,47)30-12-8-5-9-13-30)29-18-19-32(37)31(21-29)36(38,39)40/h4-19,21,25,33H,20,22-24H2,1-3H3,(H,41,45). The summed E-state index contributed by atoms with van der Waals surface area (Å²) in [6.07, 6.45) is -4.79. The molecule has 0 aliphatic carbocycles. The Morgan fingerprint density at radius 3 is 2.04 bits per heavy atom. The quantitative estimate of drug-likeness (QED) is 0.159. The molecule has 1 atom stereocenters. The molecule has 2 amide bonds. The summed E-state index contributed by atoms with van der Waals surface area (Å²) in [5, 5.41) is 2.28. The lowest BCUT2D eigenvalue weighted by atomic mass is 10.0. The largest absolute Gasteiger partial charge is 0.417 e. The highest BCUT2D eigenvalue weighted by Crippen LogP contribution is 2.38. The van der Waals surface area contributed by atoms with Gasteiger partial charge < -0.3 is 10.2 Å². The predicted octanol–water partition coefficient (Wildman–Crippen LogP) is 7.27. The Morgan fingerprint density at radius 1 is 0.854 bits per heavy atom. The number of rotatable bonds is 13. The van der Waals surface area contributed by atoms with Crippen molar-refractivity contribution in [1.29, 1.82) is 0 Å². The fourth-order valence-corrected chi connectivity index (χ4v) is 6.65. The summed E-state index contributed by atoms with van der Waals surface area (Å²) in [4.78, 5) is 29.4. The molecule has 0 spiro atoms. The average Bonchev–Trinajstić information content (AvgIpc) is 3.05. The average molecular weight is 700 g/mol. The van der Waals surface area contributed by atoms with Crippen LogP contribution in [-0.2, 0) is 38.8 Å². The molecule has 12 heteroatoms. The van der Waals surface area contributed by atoms with Crippen LogP contribution in [-0.4, -0.2) is 44.3 Å². The van der Waals surface area contributed by atoms with Crippen molar-refractivity contribution in [3.8, 4) is 0 Å². The Bertz CT molecular complexity index is 1800. The number of anilines is 1. The number of carbonyl (C=O) groups excluding carboxylic acids is 2. The molecule has 254 valence electrons. The highest BCUT2D eigenvalue weighted by atomic mass is 35.5. The minimum atomic E-state index is -4.90. The van der Waals surface area contributed by atoms with Crippen molar-refractivity contribution in [3.05, 3.63) is 130 Å². The lowest BCUT2D eigenvalue weighted by Crippen LogP contribution is -2.53. The minimum absolute atomic E-state index is 0.0701. The van der Waals surface area contributed by atoms with Crippen molar-refractivity contribution in [2.24, 2.45) is 5.92 Å². The van der Waals surface area contributed by atoms with Gasteiger partial charge in [-0.25, -0.2) is 8.42 Å². The van der Waals surface area contributed by atoms with Gasteiger partial charge in [0.15, 0.2) is 0 Å². The van der Waals surface area contributed by atoms with Crippen LogP contribution >= 0.6 is 11.6 Å². The molecule has 0 bridgehead atoms. The van der Waals surface area contributed by atoms with E-state index in [1.54, 1.807) is 30.3 Å². The molecular formula is C36H37ClF3N3O4S. The zero-order chi connectivity index (χ0) is 35.1. The molecule has 0 aliphatic heterocycles. The number of benzene rings is 4. The molecule has 0 saturated carbocycles. The molecule has 4 aromatic carbocycles. The first-order valence-corrected chi connectivity index (χ1v) is 17.1. The lowest BCUT2D eigenvalue weighted by Gasteiger charge is -2.34. The van der Waals surface area contributed by atoms with E-state index in [-0.39, 0.29) is 23.8 Å². The van der Waals surface area contributed by atoms with Crippen molar-refractivity contribution < 1.29 is 31.2 Å². The first-order chi connectivity index (χ1) is 22.7. The van der Waals surface area contributed by atoms with Crippen LogP contribution in [0, 0.1) is 12.8 Å². The van der Waals surface area contributed by atoms with Gasteiger partial charge in [-0.1, -0.05) is 104 Å². The fourth-order valence-electron chi connectivity index (χ4n) is 5.00. The van der Waals surface area contributed by atoms with Gasteiger partial charge in [0.05, 0.1) is 21.2 Å². The van der Waals surface area contributed by atoms with Crippen LogP contribution in [0.1, 0.15) is 36.1 Å². The Hall–Kier alpha value is -4.35. The van der Waals surface area contributed by atoms with Gasteiger partial charge in [0.2, 0.25) is 11.8 Å². The van der Waals surface area contributed by atoms with E-state index in [4.69, 9.17) is 11.6 Å². The van der Waals surface area contributed by atoms with Crippen LogP contribution in [0.2, 0.25) is 5.02 Å². The number of aryl methyl sites for hydroxylation is 1. The van der Waals surface area contributed by atoms with Crippen molar-refractivity contribution in [2.75, 3.05) is 17.4 Å². The summed E-state index contributed by atoms with van der Waals surface area (Å²) in [5.41, 5.74) is 0.727. The summed E-state index contributed by atoms with van der Waals surface area (Å²) in [7, 11) is -4.59. The van der Waals surface area contributed by atoms with Crippen molar-refractivity contribution in [2.45, 2.75) is 50.9 Å². The summed E-state index contributed by atoms with van der Waals surface area (Å²) in [6, 6.07) is 25.0. The second kappa shape index (κ2) is 15.7. The molecule has 0 fully saturated rings. The van der Waals surface area contributed by atoms with E-state index in [1.807, 2.05) is 51.1 Å². The maximum atomic E-state index is 14.5. The Balaban J connectivity index is 1.85. The van der Waals surface area contributed by atoms with Gasteiger partial charge in [-0.05, 0) is 54.3 Å². The molecule has 0 saturated heterocycles. The Morgan fingerprint density at radius 2 is 1.46 bits per heavy atom. The van der Waals surface area contributed by atoms with E-state index in [0.717, 1.165) is 23.3 Å². The van der Waals surface area contributed by atoms with Gasteiger partial charge in [0.1, 0.15) is 12.6 Å². The minimum Gasteiger partial charge on any atom is -0.354 e. The number of nitrogens with zero attached hydrogens (tertiary/aromatic N) is 2. The van der Waals surface area contributed by atoms with Gasteiger partial charge in [-0.15, -0.1) is 0 Å². The number of alkyl halides is 3. The van der Waals surface area contributed by atoms with Crippen molar-refractivity contribution in [1.82, 2.24) is 10.2 Å². The van der Waals surface area contributed by atoms with E-state index in [1.165, 1.54) is 29.2 Å². The molecule has 4 rings (SSSR count). The second-order valence-corrected chi connectivity index (χ2v) is 14.1. The Kier molecular flexibility index (Phi) is 11.9. The summed E-state index contributed by atoms with van der Waals surface area (Å²) < 4.78 is 70.6. The number of hydrogen-bond donors (Lipinski definition) is 1. The lowest BCUT2D eigenvalue weighted by molar-refractivity contribution is -0.140. The first kappa shape index (κ1) is 36.5. The molecule has 0 aromatic heterocycles. The third-order valence-electron chi connectivity index (χ3n) is 7.58. The second-order valence-electron chi connectivity index (χ2n) is 11.8. The van der Waals surface area contributed by atoms with E-state index < -0.39 is 56.9 Å². The van der Waals surface area contributed by atoms with Gasteiger partial charge in [-0.2, -0.15) is 13.2 Å². The third kappa shape index (κ3) is 9.38. The fraction of sp³-hybridized carbons (Fsp3) is 0.278. The molecule has 48 heavy (non-hydrogen) atoms. The molecular weight excluding hydrogens is 663 g/mol. The van der Waals surface area contributed by atoms with E-state index >= 15 is 0 Å². The molecule has 4 aromatic rings. The summed E-state index contributed by atoms with van der Waals surface area (Å²) in [6.45, 7) is 5.11. The van der Waals surface area contributed by atoms with Crippen LogP contribution < -0.4 is 9.62 Å². The highest BCUT2D eigenvalue weighted by Gasteiger charge is 2.37. The number of hydrogen-bond acceptors (Lipinski definition) is 4. The maximum Gasteiger partial charge on any atom is 0.417 e. The van der Waals surface area contributed by atoms with Crippen LogP contribution in [0.15, 0.2) is 108 Å². The molecule has 0 radical (unpaired) electrons. The monoisotopic (exact) mass is 699 g/mol. The first-order valence-electron chi connectivity index (χ1n) is 15.3. The summed E-state index contributed by atoms with van der Waals surface area (Å²) >= 11 is 5.87. The van der Waals surface area contributed by atoms with E-state index in [0.29, 0.717) is 22.5 Å². The zero-order valence-electron chi connectivity index (χ0n) is 26.7. The number of sulfonamides is 1. The van der Waals surface area contributed by atoms with Gasteiger partial charge in [0.25, 0.3) is 10.0 Å². The van der Waals surface area contributed by atoms with E-state index in [9.17, 15) is 31.2 Å². The van der Waals surface area contributed by atoms with Crippen LogP contribution in [0.5, 0.6) is 0 Å². The molecule has 1 unspecified atom stereocenters. The molecule has 0 aliphatic rings. The number of amides is 2. The van der Waals surface area contributed by atoms with Gasteiger partial charge in [0, 0.05) is 19.5 Å². The van der Waals surface area contributed by atoms with Gasteiger partial charge in [-0.3, -0.25) is 13.9 Å². The molecule has 1 N–H and O–H groups in total. The van der Waals surface area contributed by atoms with Crippen LogP contribution in [0.4, 0.5) is 18.9 Å². The van der Waals surface area contributed by atoms with Crippen molar-refractivity contribution in [3.63, 3.8) is 0 Å². The molecule has 0 heterocycles. The molecule has 7 nitrogen and oxygen atoms in total. The topological polar surface area (TPSA) is 86.8 Å². The predicted molar refractivity (Wildman–Crippen MR) is 181 cm³/mol. The smallest absolute Gasteiger partial charge is 0.354 e. The van der Waals surface area contributed by atoms with Gasteiger partial charge >= 0.3 is 6.18 Å². The number of nitrogens with one attached hydrogen (secondary N) is 1.